The van der Waals surface area contributed by atoms with E-state index in [1.54, 1.807) is 205 Å². The number of hydrogen-bond acceptors (Lipinski definition) is 0. The summed E-state index contributed by atoms with van der Waals surface area (Å²) in [4.78, 5) is 0. The molecule has 16 saturated carbocycles. The molecule has 16 aliphatic rings. The third-order valence-corrected chi connectivity index (χ3v) is 28.6. The summed E-state index contributed by atoms with van der Waals surface area (Å²) in [6.45, 7) is 52.0. The fourth-order valence-electron chi connectivity index (χ4n) is 23.4. The SMILES string of the molecule is C1CCC2(CC1)CCCC2.C1CCC2(CC1)CCCC2.C1CCC2(CC1)CCCC2.C1CCC2(CC1)CCCC2.C1CCC2(CC1)CCCC2.C1CCC2(CC1)CCCC2.C1CCC2(CC1)CCCC2.C1CCC2(CC1)CCCC2.CC(C)C.CC(C)C.CC(C)C.CC(C)C.CC(C)C.CC(C)C.CC(C)C.CC(C)C. The first-order valence-corrected chi connectivity index (χ1v) is 53.2. The molecule has 0 heterocycles. The smallest absolute Gasteiger partial charge is 0.0297 e. The lowest BCUT2D eigenvalue weighted by Gasteiger charge is -2.32. The van der Waals surface area contributed by atoms with E-state index in [1.807, 2.05) is 0 Å². The van der Waals surface area contributed by atoms with Gasteiger partial charge in [-0.05, 0) is 296 Å². The van der Waals surface area contributed by atoms with Crippen molar-refractivity contribution in [3.63, 3.8) is 0 Å². The minimum Gasteiger partial charge on any atom is -0.0630 e. The average molecular weight is 1570 g/mol. The molecule has 0 aromatic carbocycles. The van der Waals surface area contributed by atoms with Crippen LogP contribution in [0.25, 0.3) is 0 Å². The molecule has 0 aromatic rings. The van der Waals surface area contributed by atoms with Crippen LogP contribution in [-0.2, 0) is 0 Å². The molecule has 0 bridgehead atoms. The summed E-state index contributed by atoms with van der Waals surface area (Å²) < 4.78 is 0. The van der Waals surface area contributed by atoms with Crippen molar-refractivity contribution in [3.05, 3.63) is 0 Å². The lowest BCUT2D eigenvalue weighted by atomic mass is 9.73. The molecule has 0 aromatic heterocycles. The van der Waals surface area contributed by atoms with Crippen LogP contribution in [0.4, 0.5) is 0 Å². The zero-order valence-electron chi connectivity index (χ0n) is 83.5. The second-order valence-electron chi connectivity index (χ2n) is 48.0. The van der Waals surface area contributed by atoms with Crippen LogP contribution in [0.2, 0.25) is 0 Å². The minimum atomic E-state index is 0.833. The van der Waals surface area contributed by atoms with E-state index in [2.05, 4.69) is 166 Å². The Labute approximate surface area is 714 Å². The summed E-state index contributed by atoms with van der Waals surface area (Å²) in [5.41, 5.74) is 6.99. The molecule has 0 amide bonds. The lowest BCUT2D eigenvalue weighted by Crippen LogP contribution is -2.19. The van der Waals surface area contributed by atoms with E-state index in [1.165, 1.54) is 257 Å². The molecule has 16 fully saturated rings. The second-order valence-corrected chi connectivity index (χ2v) is 48.0. The monoisotopic (exact) mass is 1570 g/mol. The summed E-state index contributed by atoms with van der Waals surface area (Å²) in [7, 11) is 0. The van der Waals surface area contributed by atoms with Crippen molar-refractivity contribution in [1.29, 1.82) is 0 Å². The third-order valence-electron chi connectivity index (χ3n) is 28.6. The average Bonchev–Trinajstić information content (AvgIpc) is 1.73. The van der Waals surface area contributed by atoms with Crippen LogP contribution < -0.4 is 0 Å². The second kappa shape index (κ2) is 64.8. The molecule has 16 rings (SSSR count). The van der Waals surface area contributed by atoms with Gasteiger partial charge in [0, 0.05) is 0 Å². The van der Waals surface area contributed by atoms with Gasteiger partial charge in [0.2, 0.25) is 0 Å². The Kier molecular flexibility index (Phi) is 63.6. The van der Waals surface area contributed by atoms with E-state index < -0.39 is 0 Å². The first kappa shape index (κ1) is 110. The Hall–Kier alpha value is 0. The first-order valence-electron chi connectivity index (χ1n) is 53.2. The molecular formula is C112H224. The van der Waals surface area contributed by atoms with Gasteiger partial charge in [-0.25, -0.2) is 0 Å². The maximum absolute atomic E-state index is 2.17. The Bertz CT molecular complexity index is 1470. The summed E-state index contributed by atoms with van der Waals surface area (Å²) in [5.74, 6) is 6.67. The molecule has 0 unspecified atom stereocenters. The van der Waals surface area contributed by atoms with Gasteiger partial charge in [0.15, 0.2) is 0 Å². The van der Waals surface area contributed by atoms with Crippen LogP contribution in [0, 0.1) is 90.7 Å². The highest BCUT2D eigenvalue weighted by Gasteiger charge is 2.40. The van der Waals surface area contributed by atoms with Crippen LogP contribution in [0.15, 0.2) is 0 Å². The van der Waals surface area contributed by atoms with Crippen molar-refractivity contribution >= 4 is 0 Å². The van der Waals surface area contributed by atoms with Gasteiger partial charge >= 0.3 is 0 Å². The van der Waals surface area contributed by atoms with Gasteiger partial charge in [0.1, 0.15) is 0 Å². The van der Waals surface area contributed by atoms with Crippen molar-refractivity contribution in [2.45, 2.75) is 628 Å². The molecule has 672 valence electrons. The highest BCUT2D eigenvalue weighted by molar-refractivity contribution is 4.93. The summed E-state index contributed by atoms with van der Waals surface area (Å²) in [6.07, 6.45) is 111. The zero-order chi connectivity index (χ0) is 83.5. The molecule has 0 aliphatic heterocycles. The molecule has 0 nitrogen and oxygen atoms in total. The third kappa shape index (κ3) is 56.6. The predicted octanol–water partition coefficient (Wildman–Crippen LogP) is 41.4. The fraction of sp³-hybridized carbons (Fsp3) is 1.00. The largest absolute Gasteiger partial charge is 0.0630 e. The highest BCUT2D eigenvalue weighted by atomic mass is 14.5. The van der Waals surface area contributed by atoms with Crippen molar-refractivity contribution in [3.8, 4) is 0 Å². The fourth-order valence-corrected chi connectivity index (χ4v) is 23.4. The molecule has 16 aliphatic carbocycles. The molecule has 0 N–H and O–H groups in total. The molecule has 0 saturated heterocycles. The zero-order valence-corrected chi connectivity index (χ0v) is 83.5. The van der Waals surface area contributed by atoms with Gasteiger partial charge in [-0.2, -0.15) is 0 Å². The van der Waals surface area contributed by atoms with E-state index in [0.717, 1.165) is 90.7 Å². The quantitative estimate of drug-likeness (QED) is 0.227. The maximum atomic E-state index is 2.17. The maximum Gasteiger partial charge on any atom is -0.0297 e. The van der Waals surface area contributed by atoms with Crippen molar-refractivity contribution in [1.82, 2.24) is 0 Å². The van der Waals surface area contributed by atoms with Crippen LogP contribution in [0.1, 0.15) is 628 Å². The van der Waals surface area contributed by atoms with E-state index in [0.29, 0.717) is 0 Å². The molecule has 0 radical (unpaired) electrons. The summed E-state index contributed by atoms with van der Waals surface area (Å²) in [5, 5.41) is 0. The summed E-state index contributed by atoms with van der Waals surface area (Å²) >= 11 is 0. The van der Waals surface area contributed by atoms with Crippen molar-refractivity contribution in [2.75, 3.05) is 0 Å². The Morgan fingerprint density at radius 3 is 0.161 bits per heavy atom. The van der Waals surface area contributed by atoms with Gasteiger partial charge in [0.05, 0.1) is 0 Å². The molecular weight excluding hydrogens is 1350 g/mol. The van der Waals surface area contributed by atoms with E-state index in [-0.39, 0.29) is 0 Å². The normalized spacial score (nSPS) is 24.9. The molecule has 0 heteroatoms. The predicted molar refractivity (Wildman–Crippen MR) is 516 cm³/mol. The van der Waals surface area contributed by atoms with E-state index >= 15 is 0 Å². The van der Waals surface area contributed by atoms with Gasteiger partial charge in [-0.15, -0.1) is 0 Å². The highest BCUT2D eigenvalue weighted by Crippen LogP contribution is 2.55. The number of rotatable bonds is 0. The summed E-state index contributed by atoms with van der Waals surface area (Å²) in [6, 6.07) is 0. The van der Waals surface area contributed by atoms with E-state index in [4.69, 9.17) is 0 Å². The standard InChI is InChI=1S/8C10H18.8C4H10/c8*1-2-6-10(7-3-1)8-4-5-9-10;8*1-4(2)3/h8*1-9H2;8*4H,1-3H3. The van der Waals surface area contributed by atoms with Crippen LogP contribution >= 0.6 is 0 Å². The van der Waals surface area contributed by atoms with Gasteiger partial charge in [0.25, 0.3) is 0 Å². The van der Waals surface area contributed by atoms with E-state index in [9.17, 15) is 0 Å². The van der Waals surface area contributed by atoms with Crippen LogP contribution in [0.5, 0.6) is 0 Å². The van der Waals surface area contributed by atoms with Crippen molar-refractivity contribution in [2.24, 2.45) is 90.7 Å². The van der Waals surface area contributed by atoms with Crippen LogP contribution in [0.3, 0.4) is 0 Å². The Morgan fingerprint density at radius 1 is 0.0804 bits per heavy atom. The minimum absolute atomic E-state index is 0.833. The van der Waals surface area contributed by atoms with Gasteiger partial charge < -0.3 is 0 Å². The molecule has 8 spiro atoms. The Balaban J connectivity index is 0.000000608. The van der Waals surface area contributed by atoms with Gasteiger partial charge in [-0.3, -0.25) is 0 Å². The van der Waals surface area contributed by atoms with Crippen LogP contribution in [-0.4, -0.2) is 0 Å². The Morgan fingerprint density at radius 2 is 0.116 bits per heavy atom. The molecule has 112 heavy (non-hydrogen) atoms. The topological polar surface area (TPSA) is 0 Å². The lowest BCUT2D eigenvalue weighted by molar-refractivity contribution is 0.197. The molecule has 0 atom stereocenters. The number of hydrogen-bond donors (Lipinski definition) is 0. The first-order chi connectivity index (χ1) is 53.2. The van der Waals surface area contributed by atoms with Crippen molar-refractivity contribution < 1.29 is 0 Å². The van der Waals surface area contributed by atoms with Gasteiger partial charge in [-0.1, -0.05) is 423 Å².